The molecule has 0 unspecified atom stereocenters. The number of guanidine groups is 1. The molecule has 2 aliphatic rings. The summed E-state index contributed by atoms with van der Waals surface area (Å²) in [7, 11) is 1.87. The molecule has 1 aliphatic heterocycles. The van der Waals surface area contributed by atoms with E-state index >= 15 is 0 Å². The van der Waals surface area contributed by atoms with E-state index in [4.69, 9.17) is 4.74 Å². The molecule has 22 heavy (non-hydrogen) atoms. The SMILES string of the molecule is CCOc1cc(CNC(=NC)N2CCC3(CCC3)C2)ccn1. The molecule has 2 fully saturated rings. The van der Waals surface area contributed by atoms with Crippen molar-refractivity contribution in [1.82, 2.24) is 15.2 Å². The third-order valence-corrected chi connectivity index (χ3v) is 4.91. The highest BCUT2D eigenvalue weighted by Crippen LogP contribution is 2.47. The van der Waals surface area contributed by atoms with Gasteiger partial charge < -0.3 is 15.0 Å². The summed E-state index contributed by atoms with van der Waals surface area (Å²) in [6.07, 6.45) is 7.30. The van der Waals surface area contributed by atoms with E-state index in [9.17, 15) is 0 Å². The van der Waals surface area contributed by atoms with Gasteiger partial charge in [-0.15, -0.1) is 0 Å². The van der Waals surface area contributed by atoms with Gasteiger partial charge in [0.2, 0.25) is 5.88 Å². The summed E-state index contributed by atoms with van der Waals surface area (Å²) in [5, 5.41) is 3.48. The van der Waals surface area contributed by atoms with Crippen molar-refractivity contribution < 1.29 is 4.74 Å². The number of nitrogens with one attached hydrogen (secondary N) is 1. The first-order chi connectivity index (χ1) is 10.7. The molecule has 0 amide bonds. The summed E-state index contributed by atoms with van der Waals surface area (Å²) in [5.74, 6) is 1.70. The van der Waals surface area contributed by atoms with Crippen LogP contribution in [0.2, 0.25) is 0 Å². The Kier molecular flexibility index (Phi) is 4.50. The second-order valence-corrected chi connectivity index (χ2v) is 6.36. The lowest BCUT2D eigenvalue weighted by Crippen LogP contribution is -2.42. The number of hydrogen-bond acceptors (Lipinski definition) is 3. The van der Waals surface area contributed by atoms with Gasteiger partial charge in [0.15, 0.2) is 5.96 Å². The van der Waals surface area contributed by atoms with Crippen LogP contribution in [0, 0.1) is 5.41 Å². The topological polar surface area (TPSA) is 49.8 Å². The van der Waals surface area contributed by atoms with Gasteiger partial charge in [0.1, 0.15) is 0 Å². The van der Waals surface area contributed by atoms with Crippen LogP contribution in [0.1, 0.15) is 38.2 Å². The Hall–Kier alpha value is -1.78. The number of aliphatic imine (C=N–C) groups is 1. The zero-order valence-electron chi connectivity index (χ0n) is 13.6. The van der Waals surface area contributed by atoms with Gasteiger partial charge in [-0.3, -0.25) is 4.99 Å². The lowest BCUT2D eigenvalue weighted by atomic mass is 9.68. The number of rotatable bonds is 4. The van der Waals surface area contributed by atoms with Crippen molar-refractivity contribution in [1.29, 1.82) is 0 Å². The quantitative estimate of drug-likeness (QED) is 0.685. The van der Waals surface area contributed by atoms with E-state index in [-0.39, 0.29) is 0 Å². The Morgan fingerprint density at radius 2 is 2.32 bits per heavy atom. The molecule has 1 N–H and O–H groups in total. The van der Waals surface area contributed by atoms with Gasteiger partial charge in [-0.25, -0.2) is 4.98 Å². The Morgan fingerprint density at radius 1 is 1.45 bits per heavy atom. The fourth-order valence-corrected chi connectivity index (χ4v) is 3.50. The smallest absolute Gasteiger partial charge is 0.213 e. The molecular weight excluding hydrogens is 276 g/mol. The fourth-order valence-electron chi connectivity index (χ4n) is 3.50. The molecule has 1 saturated carbocycles. The minimum atomic E-state index is 0.594. The van der Waals surface area contributed by atoms with Crippen LogP contribution in [-0.2, 0) is 6.54 Å². The van der Waals surface area contributed by atoms with E-state index in [0.29, 0.717) is 17.9 Å². The average molecular weight is 302 g/mol. The second-order valence-electron chi connectivity index (χ2n) is 6.36. The number of nitrogens with zero attached hydrogens (tertiary/aromatic N) is 3. The third-order valence-electron chi connectivity index (χ3n) is 4.91. The molecule has 0 aromatic carbocycles. The van der Waals surface area contributed by atoms with Crippen LogP contribution in [0.5, 0.6) is 5.88 Å². The maximum atomic E-state index is 5.45. The molecule has 1 spiro atoms. The van der Waals surface area contributed by atoms with Gasteiger partial charge in [-0.05, 0) is 43.2 Å². The molecule has 3 rings (SSSR count). The molecule has 2 heterocycles. The summed E-state index contributed by atoms with van der Waals surface area (Å²) in [6, 6.07) is 4.00. The van der Waals surface area contributed by atoms with Gasteiger partial charge in [0, 0.05) is 38.9 Å². The molecule has 120 valence electrons. The number of ether oxygens (including phenoxy) is 1. The van der Waals surface area contributed by atoms with Crippen molar-refractivity contribution >= 4 is 5.96 Å². The summed E-state index contributed by atoms with van der Waals surface area (Å²) in [6.45, 7) is 5.64. The highest BCUT2D eigenvalue weighted by Gasteiger charge is 2.43. The van der Waals surface area contributed by atoms with Crippen molar-refractivity contribution in [2.24, 2.45) is 10.4 Å². The Morgan fingerprint density at radius 3 is 2.95 bits per heavy atom. The number of likely N-dealkylation sites (tertiary alicyclic amines) is 1. The molecule has 0 atom stereocenters. The first kappa shape index (κ1) is 15.1. The Bertz CT molecular complexity index is 539. The minimum Gasteiger partial charge on any atom is -0.478 e. The molecule has 1 saturated heterocycles. The second kappa shape index (κ2) is 6.55. The zero-order chi connectivity index (χ0) is 15.4. The Labute approximate surface area is 132 Å². The highest BCUT2D eigenvalue weighted by molar-refractivity contribution is 5.80. The predicted octanol–water partition coefficient (Wildman–Crippen LogP) is 2.43. The predicted molar refractivity (Wildman–Crippen MR) is 88.1 cm³/mol. The largest absolute Gasteiger partial charge is 0.478 e. The maximum Gasteiger partial charge on any atom is 0.213 e. The summed E-state index contributed by atoms with van der Waals surface area (Å²) in [4.78, 5) is 11.1. The average Bonchev–Trinajstić information content (AvgIpc) is 2.94. The van der Waals surface area contributed by atoms with E-state index < -0.39 is 0 Å². The van der Waals surface area contributed by atoms with E-state index in [1.807, 2.05) is 26.1 Å². The van der Waals surface area contributed by atoms with Crippen molar-refractivity contribution in [2.45, 2.75) is 39.2 Å². The molecule has 0 radical (unpaired) electrons. The molecule has 5 nitrogen and oxygen atoms in total. The third kappa shape index (κ3) is 3.18. The van der Waals surface area contributed by atoms with Gasteiger partial charge in [-0.1, -0.05) is 6.42 Å². The van der Waals surface area contributed by atoms with Gasteiger partial charge in [0.25, 0.3) is 0 Å². The fraction of sp³-hybridized carbons (Fsp3) is 0.647. The van der Waals surface area contributed by atoms with Gasteiger partial charge in [0.05, 0.1) is 6.61 Å². The van der Waals surface area contributed by atoms with Crippen LogP contribution in [0.25, 0.3) is 0 Å². The maximum absolute atomic E-state index is 5.45. The van der Waals surface area contributed by atoms with Crippen molar-refractivity contribution in [3.63, 3.8) is 0 Å². The minimum absolute atomic E-state index is 0.594. The van der Waals surface area contributed by atoms with Crippen LogP contribution in [0.15, 0.2) is 23.3 Å². The van der Waals surface area contributed by atoms with E-state index in [2.05, 4.69) is 20.2 Å². The standard InChI is InChI=1S/C17H26N4O/c1-3-22-15-11-14(5-9-19-15)12-20-16(18-2)21-10-8-17(13-21)6-4-7-17/h5,9,11H,3-4,6-8,10,12-13H2,1-2H3,(H,18,20). The number of hydrogen-bond donors (Lipinski definition) is 1. The first-order valence-corrected chi connectivity index (χ1v) is 8.28. The molecule has 1 aromatic rings. The summed E-state index contributed by atoms with van der Waals surface area (Å²) in [5.41, 5.74) is 1.76. The lowest BCUT2D eigenvalue weighted by Gasteiger charge is -2.38. The lowest BCUT2D eigenvalue weighted by molar-refractivity contribution is 0.151. The van der Waals surface area contributed by atoms with Gasteiger partial charge in [-0.2, -0.15) is 0 Å². The molecule has 0 bridgehead atoms. The van der Waals surface area contributed by atoms with Crippen molar-refractivity contribution in [3.8, 4) is 5.88 Å². The van der Waals surface area contributed by atoms with Crippen molar-refractivity contribution in [3.05, 3.63) is 23.9 Å². The molecule has 1 aromatic heterocycles. The molecule has 5 heteroatoms. The van der Waals surface area contributed by atoms with E-state index in [1.54, 1.807) is 6.20 Å². The van der Waals surface area contributed by atoms with Crippen LogP contribution in [0.4, 0.5) is 0 Å². The summed E-state index contributed by atoms with van der Waals surface area (Å²) < 4.78 is 5.45. The van der Waals surface area contributed by atoms with Crippen LogP contribution in [-0.4, -0.2) is 42.6 Å². The normalized spacial score (nSPS) is 20.1. The van der Waals surface area contributed by atoms with Crippen LogP contribution in [0.3, 0.4) is 0 Å². The number of aromatic nitrogens is 1. The monoisotopic (exact) mass is 302 g/mol. The van der Waals surface area contributed by atoms with Crippen LogP contribution >= 0.6 is 0 Å². The van der Waals surface area contributed by atoms with E-state index in [0.717, 1.165) is 31.2 Å². The first-order valence-electron chi connectivity index (χ1n) is 8.28. The number of pyridine rings is 1. The Balaban J connectivity index is 1.56. The molecule has 1 aliphatic carbocycles. The molecular formula is C17H26N4O. The van der Waals surface area contributed by atoms with Crippen molar-refractivity contribution in [2.75, 3.05) is 26.7 Å². The van der Waals surface area contributed by atoms with Gasteiger partial charge >= 0.3 is 0 Å². The van der Waals surface area contributed by atoms with Crippen LogP contribution < -0.4 is 10.1 Å². The zero-order valence-corrected chi connectivity index (χ0v) is 13.6. The highest BCUT2D eigenvalue weighted by atomic mass is 16.5. The van der Waals surface area contributed by atoms with E-state index in [1.165, 1.54) is 25.7 Å². The summed E-state index contributed by atoms with van der Waals surface area (Å²) >= 11 is 0.